The fourth-order valence-corrected chi connectivity index (χ4v) is 2.86. The molecule has 166 valence electrons. The largest absolute Gasteiger partial charge is 0.459 e. The highest BCUT2D eigenvalue weighted by Crippen LogP contribution is 2.33. The van der Waals surface area contributed by atoms with Gasteiger partial charge in [0.1, 0.15) is 5.70 Å². The zero-order chi connectivity index (χ0) is 23.2. The number of ether oxygens (including phenoxy) is 2. The van der Waals surface area contributed by atoms with Crippen LogP contribution >= 0.6 is 0 Å². The molecule has 0 aliphatic carbocycles. The molecule has 2 N–H and O–H groups in total. The van der Waals surface area contributed by atoms with Crippen LogP contribution < -0.4 is 20.2 Å². The summed E-state index contributed by atoms with van der Waals surface area (Å²) in [7, 11) is 0. The van der Waals surface area contributed by atoms with E-state index in [0.29, 0.717) is 22.6 Å². The average molecular weight is 448 g/mol. The van der Waals surface area contributed by atoms with Gasteiger partial charge in [0.15, 0.2) is 17.3 Å². The fraction of sp³-hybridized carbons (Fsp3) is 0.0455. The first-order valence-corrected chi connectivity index (χ1v) is 9.54. The number of fused-ring (bicyclic) bond motifs is 1. The van der Waals surface area contributed by atoms with E-state index in [1.54, 1.807) is 30.3 Å². The van der Waals surface area contributed by atoms with Gasteiger partial charge in [-0.05, 0) is 35.9 Å². The Morgan fingerprint density at radius 2 is 1.88 bits per heavy atom. The molecule has 0 atom stereocenters. The number of rotatable bonds is 7. The highest BCUT2D eigenvalue weighted by Gasteiger charge is 2.18. The number of hydrogen-bond donors (Lipinski definition) is 2. The molecule has 0 radical (unpaired) electrons. The molecule has 0 spiro atoms. The Kier molecular flexibility index (Phi) is 6.12. The summed E-state index contributed by atoms with van der Waals surface area (Å²) in [6.07, 6.45) is 4.01. The van der Waals surface area contributed by atoms with Crippen LogP contribution in [0.15, 0.2) is 76.1 Å². The zero-order valence-corrected chi connectivity index (χ0v) is 16.9. The molecule has 11 nitrogen and oxygen atoms in total. The van der Waals surface area contributed by atoms with E-state index in [4.69, 9.17) is 13.9 Å². The number of hydrogen-bond acceptors (Lipinski definition) is 8. The molecule has 0 fully saturated rings. The van der Waals surface area contributed by atoms with Crippen LogP contribution in [-0.4, -0.2) is 29.7 Å². The number of nitro groups is 1. The van der Waals surface area contributed by atoms with Gasteiger partial charge in [-0.25, -0.2) is 5.43 Å². The van der Waals surface area contributed by atoms with Crippen LogP contribution in [0.2, 0.25) is 0 Å². The molecule has 1 aromatic heterocycles. The third kappa shape index (κ3) is 5.22. The molecule has 1 aliphatic rings. The molecule has 1 aliphatic heterocycles. The smallest absolute Gasteiger partial charge is 0.291 e. The van der Waals surface area contributed by atoms with Crippen LogP contribution in [0.1, 0.15) is 21.7 Å². The summed E-state index contributed by atoms with van der Waals surface area (Å²) in [6, 6.07) is 13.7. The van der Waals surface area contributed by atoms with Gasteiger partial charge < -0.3 is 19.2 Å². The lowest BCUT2D eigenvalue weighted by Gasteiger charge is -2.08. The van der Waals surface area contributed by atoms with Crippen molar-refractivity contribution in [2.75, 3.05) is 6.79 Å². The minimum atomic E-state index is -0.728. The number of amides is 2. The van der Waals surface area contributed by atoms with E-state index in [2.05, 4.69) is 15.8 Å². The molecule has 0 bridgehead atoms. The summed E-state index contributed by atoms with van der Waals surface area (Å²) in [4.78, 5) is 35.5. The summed E-state index contributed by atoms with van der Waals surface area (Å²) in [5.41, 5.74) is 3.03. The van der Waals surface area contributed by atoms with E-state index in [9.17, 15) is 19.7 Å². The monoisotopic (exact) mass is 448 g/mol. The molecule has 2 heterocycles. The van der Waals surface area contributed by atoms with Gasteiger partial charge >= 0.3 is 0 Å². The SMILES string of the molecule is O=C(NN=Cc1cccc([N+](=O)[O-])c1)C(=Cc1ccc2c(c1)OCO2)NC(=O)c1ccco1. The zero-order valence-electron chi connectivity index (χ0n) is 16.9. The van der Waals surface area contributed by atoms with Crippen molar-refractivity contribution in [3.8, 4) is 11.5 Å². The maximum absolute atomic E-state index is 12.7. The highest BCUT2D eigenvalue weighted by atomic mass is 16.7. The topological polar surface area (TPSA) is 145 Å². The molecule has 33 heavy (non-hydrogen) atoms. The van der Waals surface area contributed by atoms with Gasteiger partial charge in [0, 0.05) is 17.7 Å². The highest BCUT2D eigenvalue weighted by molar-refractivity contribution is 6.04. The molecule has 2 aromatic carbocycles. The number of nitrogens with one attached hydrogen (secondary N) is 2. The van der Waals surface area contributed by atoms with Crippen molar-refractivity contribution in [2.24, 2.45) is 5.10 Å². The summed E-state index contributed by atoms with van der Waals surface area (Å²) in [5, 5.41) is 17.2. The second-order valence-electron chi connectivity index (χ2n) is 6.65. The van der Waals surface area contributed by atoms with Gasteiger partial charge in [-0.2, -0.15) is 5.10 Å². The Balaban J connectivity index is 1.54. The van der Waals surface area contributed by atoms with Crippen molar-refractivity contribution < 1.29 is 28.4 Å². The van der Waals surface area contributed by atoms with Crippen LogP contribution in [0.25, 0.3) is 6.08 Å². The minimum Gasteiger partial charge on any atom is -0.459 e. The maximum atomic E-state index is 12.7. The molecular formula is C22H16N4O7. The standard InChI is InChI=1S/C22H16N4O7/c27-21(25-23-12-15-3-1-4-16(9-15)26(29)30)17(24-22(28)19-5-2-8-31-19)10-14-6-7-18-20(11-14)33-13-32-18/h1-12H,13H2,(H,24,28)(H,25,27). The first-order chi connectivity index (χ1) is 16.0. The van der Waals surface area contributed by atoms with Gasteiger partial charge in [-0.15, -0.1) is 0 Å². The summed E-state index contributed by atoms with van der Waals surface area (Å²) >= 11 is 0. The van der Waals surface area contributed by atoms with E-state index in [0.717, 1.165) is 0 Å². The van der Waals surface area contributed by atoms with Crippen molar-refractivity contribution in [3.63, 3.8) is 0 Å². The first-order valence-electron chi connectivity index (χ1n) is 9.54. The Labute approximate surface area is 186 Å². The van der Waals surface area contributed by atoms with Gasteiger partial charge in [-0.3, -0.25) is 19.7 Å². The van der Waals surface area contributed by atoms with Gasteiger partial charge in [0.2, 0.25) is 6.79 Å². The number of carbonyl (C=O) groups is 2. The van der Waals surface area contributed by atoms with Gasteiger partial charge in [0.05, 0.1) is 17.4 Å². The molecule has 11 heteroatoms. The summed E-state index contributed by atoms with van der Waals surface area (Å²) in [5.74, 6) is -0.276. The molecular weight excluding hydrogens is 432 g/mol. The molecule has 0 unspecified atom stereocenters. The predicted octanol–water partition coefficient (Wildman–Crippen LogP) is 2.84. The van der Waals surface area contributed by atoms with Crippen molar-refractivity contribution in [2.45, 2.75) is 0 Å². The Morgan fingerprint density at radius 3 is 2.67 bits per heavy atom. The Hall–Kier alpha value is -4.93. The number of hydrazone groups is 1. The van der Waals surface area contributed by atoms with E-state index >= 15 is 0 Å². The fourth-order valence-electron chi connectivity index (χ4n) is 2.86. The summed E-state index contributed by atoms with van der Waals surface area (Å²) in [6.45, 7) is 0.0947. The lowest BCUT2D eigenvalue weighted by molar-refractivity contribution is -0.384. The van der Waals surface area contributed by atoms with E-state index < -0.39 is 16.7 Å². The first kappa shape index (κ1) is 21.3. The molecule has 2 amide bonds. The number of carbonyl (C=O) groups excluding carboxylic acids is 2. The van der Waals surface area contributed by atoms with Crippen LogP contribution in [0.4, 0.5) is 5.69 Å². The Morgan fingerprint density at radius 1 is 1.03 bits per heavy atom. The van der Waals surface area contributed by atoms with Crippen molar-refractivity contribution in [1.29, 1.82) is 0 Å². The van der Waals surface area contributed by atoms with E-state index in [1.165, 1.54) is 42.8 Å². The molecule has 4 rings (SSSR count). The van der Waals surface area contributed by atoms with Gasteiger partial charge in [0.25, 0.3) is 17.5 Å². The third-order valence-electron chi connectivity index (χ3n) is 4.41. The lowest BCUT2D eigenvalue weighted by Crippen LogP contribution is -2.32. The van der Waals surface area contributed by atoms with Gasteiger partial charge in [-0.1, -0.05) is 18.2 Å². The number of non-ortho nitro benzene ring substituents is 1. The Bertz CT molecular complexity index is 1270. The van der Waals surface area contributed by atoms with Crippen LogP contribution in [0, 0.1) is 10.1 Å². The van der Waals surface area contributed by atoms with Crippen LogP contribution in [0.3, 0.4) is 0 Å². The second-order valence-corrected chi connectivity index (χ2v) is 6.65. The predicted molar refractivity (Wildman–Crippen MR) is 116 cm³/mol. The van der Waals surface area contributed by atoms with Crippen molar-refractivity contribution in [3.05, 3.63) is 93.6 Å². The molecule has 0 saturated heterocycles. The number of nitrogens with zero attached hydrogens (tertiary/aromatic N) is 2. The van der Waals surface area contributed by atoms with Crippen LogP contribution in [0.5, 0.6) is 11.5 Å². The third-order valence-corrected chi connectivity index (χ3v) is 4.41. The normalized spacial score (nSPS) is 12.5. The van der Waals surface area contributed by atoms with E-state index in [1.807, 2.05) is 0 Å². The van der Waals surface area contributed by atoms with Crippen molar-refractivity contribution >= 4 is 29.8 Å². The molecule has 3 aromatic rings. The van der Waals surface area contributed by atoms with Crippen LogP contribution in [-0.2, 0) is 4.79 Å². The minimum absolute atomic E-state index is 0.0134. The quantitative estimate of drug-likeness (QED) is 0.245. The second kappa shape index (κ2) is 9.47. The number of nitro benzene ring substituents is 1. The molecule has 0 saturated carbocycles. The summed E-state index contributed by atoms with van der Waals surface area (Å²) < 4.78 is 15.7. The van der Waals surface area contributed by atoms with E-state index in [-0.39, 0.29) is 23.9 Å². The van der Waals surface area contributed by atoms with Crippen molar-refractivity contribution in [1.82, 2.24) is 10.7 Å². The number of benzene rings is 2. The lowest BCUT2D eigenvalue weighted by atomic mass is 10.1. The average Bonchev–Trinajstić information content (AvgIpc) is 3.50. The number of furan rings is 1. The maximum Gasteiger partial charge on any atom is 0.291 e.